The van der Waals surface area contributed by atoms with E-state index in [1.807, 2.05) is 0 Å². The molecule has 0 bridgehead atoms. The van der Waals surface area contributed by atoms with Crippen molar-refractivity contribution in [3.63, 3.8) is 0 Å². The van der Waals surface area contributed by atoms with Crippen molar-refractivity contribution in [2.75, 3.05) is 34.4 Å². The highest BCUT2D eigenvalue weighted by atomic mass is 16.5. The Morgan fingerprint density at radius 2 is 2.23 bits per heavy atom. The van der Waals surface area contributed by atoms with Gasteiger partial charge < -0.3 is 14.8 Å². The van der Waals surface area contributed by atoms with Crippen LogP contribution in [0.15, 0.2) is 4.99 Å². The summed E-state index contributed by atoms with van der Waals surface area (Å²) >= 11 is 0. The topological polar surface area (TPSA) is 80.9 Å². The van der Waals surface area contributed by atoms with E-state index in [-0.39, 0.29) is 6.10 Å². The highest BCUT2D eigenvalue weighted by Crippen LogP contribution is 1.87. The SMILES string of the molecule is CN=C(NN)NCC(COC)OC. The Balaban J connectivity index is 3.70. The number of ether oxygens (including phenoxy) is 2. The van der Waals surface area contributed by atoms with Crippen molar-refractivity contribution in [3.8, 4) is 0 Å². The first-order valence-electron chi connectivity index (χ1n) is 3.97. The minimum atomic E-state index is -0.00454. The zero-order valence-corrected chi connectivity index (χ0v) is 8.33. The average Bonchev–Trinajstić information content (AvgIpc) is 2.17. The molecule has 4 N–H and O–H groups in total. The van der Waals surface area contributed by atoms with E-state index in [0.29, 0.717) is 19.1 Å². The van der Waals surface area contributed by atoms with Crippen LogP contribution >= 0.6 is 0 Å². The van der Waals surface area contributed by atoms with Crippen LogP contribution in [0.1, 0.15) is 0 Å². The van der Waals surface area contributed by atoms with Gasteiger partial charge in [0.2, 0.25) is 5.96 Å². The fourth-order valence-corrected chi connectivity index (χ4v) is 0.801. The Morgan fingerprint density at radius 3 is 2.62 bits per heavy atom. The molecule has 0 saturated heterocycles. The van der Waals surface area contributed by atoms with Crippen molar-refractivity contribution >= 4 is 5.96 Å². The van der Waals surface area contributed by atoms with Gasteiger partial charge in [-0.15, -0.1) is 0 Å². The van der Waals surface area contributed by atoms with E-state index < -0.39 is 0 Å². The molecule has 1 unspecified atom stereocenters. The summed E-state index contributed by atoms with van der Waals surface area (Å²) in [5.41, 5.74) is 2.42. The van der Waals surface area contributed by atoms with E-state index in [1.54, 1.807) is 21.3 Å². The molecule has 0 saturated carbocycles. The van der Waals surface area contributed by atoms with Gasteiger partial charge in [0, 0.05) is 27.8 Å². The van der Waals surface area contributed by atoms with E-state index in [4.69, 9.17) is 15.3 Å². The van der Waals surface area contributed by atoms with Crippen LogP contribution < -0.4 is 16.6 Å². The monoisotopic (exact) mass is 190 g/mol. The Morgan fingerprint density at radius 1 is 1.54 bits per heavy atom. The molecule has 0 radical (unpaired) electrons. The van der Waals surface area contributed by atoms with E-state index in [0.717, 1.165) is 0 Å². The van der Waals surface area contributed by atoms with Gasteiger partial charge in [0.15, 0.2) is 0 Å². The number of rotatable bonds is 5. The van der Waals surface area contributed by atoms with E-state index >= 15 is 0 Å². The van der Waals surface area contributed by atoms with E-state index in [9.17, 15) is 0 Å². The first kappa shape index (κ1) is 12.2. The van der Waals surface area contributed by atoms with Gasteiger partial charge >= 0.3 is 0 Å². The second-order valence-corrected chi connectivity index (χ2v) is 2.41. The van der Waals surface area contributed by atoms with Crippen LogP contribution in [0.25, 0.3) is 0 Å². The predicted octanol–water partition coefficient (Wildman–Crippen LogP) is -1.31. The molecule has 6 heteroatoms. The van der Waals surface area contributed by atoms with Gasteiger partial charge in [-0.05, 0) is 0 Å². The minimum absolute atomic E-state index is 0.00454. The maximum Gasteiger partial charge on any atom is 0.205 e. The summed E-state index contributed by atoms with van der Waals surface area (Å²) in [6, 6.07) is 0. The molecule has 0 aromatic heterocycles. The Kier molecular flexibility index (Phi) is 7.27. The number of hydrazine groups is 1. The van der Waals surface area contributed by atoms with Gasteiger partial charge in [-0.2, -0.15) is 0 Å². The summed E-state index contributed by atoms with van der Waals surface area (Å²) in [4.78, 5) is 3.85. The van der Waals surface area contributed by atoms with E-state index in [1.165, 1.54) is 0 Å². The van der Waals surface area contributed by atoms with Crippen molar-refractivity contribution < 1.29 is 9.47 Å². The molecule has 0 aliphatic rings. The molecule has 0 aliphatic heterocycles. The highest BCUT2D eigenvalue weighted by Gasteiger charge is 2.06. The third-order valence-corrected chi connectivity index (χ3v) is 1.54. The highest BCUT2D eigenvalue weighted by molar-refractivity contribution is 5.78. The maximum atomic E-state index is 5.17. The summed E-state index contributed by atoms with van der Waals surface area (Å²) in [7, 11) is 4.90. The molecule has 0 aromatic carbocycles. The van der Waals surface area contributed by atoms with Crippen molar-refractivity contribution in [3.05, 3.63) is 0 Å². The molecule has 0 aliphatic carbocycles. The zero-order valence-electron chi connectivity index (χ0n) is 8.33. The van der Waals surface area contributed by atoms with E-state index in [2.05, 4.69) is 15.7 Å². The lowest BCUT2D eigenvalue weighted by molar-refractivity contribution is 0.0314. The number of hydrogen-bond donors (Lipinski definition) is 3. The fraction of sp³-hybridized carbons (Fsp3) is 0.857. The van der Waals surface area contributed by atoms with Crippen LogP contribution in [-0.4, -0.2) is 46.5 Å². The number of guanidine groups is 1. The van der Waals surface area contributed by atoms with Crippen molar-refractivity contribution in [1.82, 2.24) is 10.7 Å². The molecule has 6 nitrogen and oxygen atoms in total. The molecule has 1 atom stereocenters. The summed E-state index contributed by atoms with van der Waals surface area (Å²) < 4.78 is 10.1. The molecule has 0 aromatic rings. The van der Waals surface area contributed by atoms with Crippen LogP contribution in [-0.2, 0) is 9.47 Å². The maximum absolute atomic E-state index is 5.17. The lowest BCUT2D eigenvalue weighted by Crippen LogP contribution is -2.45. The second-order valence-electron chi connectivity index (χ2n) is 2.41. The summed E-state index contributed by atoms with van der Waals surface area (Å²) in [6.45, 7) is 1.13. The third kappa shape index (κ3) is 5.40. The first-order valence-corrected chi connectivity index (χ1v) is 3.97. The lowest BCUT2D eigenvalue weighted by Gasteiger charge is -2.16. The van der Waals surface area contributed by atoms with Gasteiger partial charge in [-0.1, -0.05) is 0 Å². The molecule has 78 valence electrons. The summed E-state index contributed by atoms with van der Waals surface area (Å²) in [6.07, 6.45) is -0.00454. The van der Waals surface area contributed by atoms with Gasteiger partial charge in [-0.3, -0.25) is 10.4 Å². The molecule has 0 spiro atoms. The normalized spacial score (nSPS) is 14.0. The zero-order chi connectivity index (χ0) is 10.1. The van der Waals surface area contributed by atoms with Gasteiger partial charge in [0.25, 0.3) is 0 Å². The smallest absolute Gasteiger partial charge is 0.205 e. The number of nitrogens with two attached hydrogens (primary N) is 1. The predicted molar refractivity (Wildman–Crippen MR) is 51.4 cm³/mol. The second kappa shape index (κ2) is 7.78. The summed E-state index contributed by atoms with van der Waals surface area (Å²) in [5, 5.41) is 2.96. The van der Waals surface area contributed by atoms with Crippen LogP contribution in [0, 0.1) is 0 Å². The van der Waals surface area contributed by atoms with Gasteiger partial charge in [0.1, 0.15) is 0 Å². The van der Waals surface area contributed by atoms with Crippen molar-refractivity contribution in [2.24, 2.45) is 10.8 Å². The number of hydrogen-bond acceptors (Lipinski definition) is 4. The molecular weight excluding hydrogens is 172 g/mol. The third-order valence-electron chi connectivity index (χ3n) is 1.54. The van der Waals surface area contributed by atoms with Crippen LogP contribution in [0.3, 0.4) is 0 Å². The number of nitrogens with one attached hydrogen (secondary N) is 2. The van der Waals surface area contributed by atoms with Gasteiger partial charge in [0.05, 0.1) is 12.7 Å². The lowest BCUT2D eigenvalue weighted by atomic mass is 10.4. The van der Waals surface area contributed by atoms with Crippen molar-refractivity contribution in [2.45, 2.75) is 6.10 Å². The molecule has 0 heterocycles. The molecule has 0 amide bonds. The Labute approximate surface area is 78.5 Å². The van der Waals surface area contributed by atoms with Crippen LogP contribution in [0.2, 0.25) is 0 Å². The average molecular weight is 190 g/mol. The first-order chi connectivity index (χ1) is 6.28. The molecular formula is C7H18N4O2. The summed E-state index contributed by atoms with van der Waals surface area (Å²) in [5.74, 6) is 5.70. The number of nitrogens with zero attached hydrogens (tertiary/aromatic N) is 1. The minimum Gasteiger partial charge on any atom is -0.382 e. The number of aliphatic imine (C=N–C) groups is 1. The fourth-order valence-electron chi connectivity index (χ4n) is 0.801. The number of methoxy groups -OCH3 is 2. The van der Waals surface area contributed by atoms with Crippen molar-refractivity contribution in [1.29, 1.82) is 0 Å². The standard InChI is InChI=1S/C7H18N4O2/c1-9-7(11-8)10-4-6(13-3)5-12-2/h6H,4-5,8H2,1-3H3,(H2,9,10,11). The van der Waals surface area contributed by atoms with Gasteiger partial charge in [-0.25, -0.2) is 5.84 Å². The van der Waals surface area contributed by atoms with Crippen LogP contribution in [0.4, 0.5) is 0 Å². The van der Waals surface area contributed by atoms with Crippen LogP contribution in [0.5, 0.6) is 0 Å². The quantitative estimate of drug-likeness (QED) is 0.217. The molecule has 0 rings (SSSR count). The Hall–Kier alpha value is -0.850. The largest absolute Gasteiger partial charge is 0.382 e. The molecule has 0 fully saturated rings. The Bertz CT molecular complexity index is 151. The molecule has 13 heavy (non-hydrogen) atoms.